The van der Waals surface area contributed by atoms with Gasteiger partial charge in [0.15, 0.2) is 0 Å². The molecule has 5 nitrogen and oxygen atoms in total. The molecule has 0 bridgehead atoms. The highest BCUT2D eigenvalue weighted by Crippen LogP contribution is 2.31. The molecule has 0 aliphatic rings. The van der Waals surface area contributed by atoms with Crippen LogP contribution in [0.25, 0.3) is 17.2 Å². The minimum atomic E-state index is -0.240. The molecule has 0 atom stereocenters. The van der Waals surface area contributed by atoms with Crippen molar-refractivity contribution < 1.29 is 9.21 Å². The molecule has 0 aliphatic carbocycles. The summed E-state index contributed by atoms with van der Waals surface area (Å²) in [7, 11) is 1.81. The highest BCUT2D eigenvalue weighted by Gasteiger charge is 2.16. The second-order valence-electron chi connectivity index (χ2n) is 5.71. The van der Waals surface area contributed by atoms with Gasteiger partial charge in [-0.05, 0) is 49.8 Å². The molecule has 0 aliphatic heterocycles. The van der Waals surface area contributed by atoms with Gasteiger partial charge in [-0.2, -0.15) is 5.10 Å². The third kappa shape index (κ3) is 3.91. The fourth-order valence-corrected chi connectivity index (χ4v) is 2.89. The number of hydrogen-bond donors (Lipinski definition) is 1. The van der Waals surface area contributed by atoms with Gasteiger partial charge in [0.05, 0.1) is 5.69 Å². The average molecular weight is 400 g/mol. The van der Waals surface area contributed by atoms with E-state index < -0.39 is 0 Å². The predicted molar refractivity (Wildman–Crippen MR) is 102 cm³/mol. The van der Waals surface area contributed by atoms with E-state index in [4.69, 9.17) is 4.42 Å². The van der Waals surface area contributed by atoms with Crippen LogP contribution >= 0.6 is 15.9 Å². The summed E-state index contributed by atoms with van der Waals surface area (Å²) in [4.78, 5) is 12.3. The summed E-state index contributed by atoms with van der Waals surface area (Å²) in [5, 5.41) is 7.34. The minimum Gasteiger partial charge on any atom is -0.462 e. The van der Waals surface area contributed by atoms with E-state index in [-0.39, 0.29) is 5.91 Å². The van der Waals surface area contributed by atoms with Crippen LogP contribution in [0, 0.1) is 13.8 Å². The van der Waals surface area contributed by atoms with Gasteiger partial charge in [-0.25, -0.2) is 0 Å². The van der Waals surface area contributed by atoms with Crippen molar-refractivity contribution in [2.75, 3.05) is 5.32 Å². The van der Waals surface area contributed by atoms with Crippen LogP contribution in [-0.2, 0) is 11.8 Å². The third-order valence-corrected chi connectivity index (χ3v) is 4.29. The molecule has 25 heavy (non-hydrogen) atoms. The summed E-state index contributed by atoms with van der Waals surface area (Å²) < 4.78 is 8.10. The zero-order chi connectivity index (χ0) is 18.0. The number of aryl methyl sites for hydroxylation is 3. The minimum absolute atomic E-state index is 0.240. The number of amides is 1. The Bertz CT molecular complexity index is 936. The van der Waals surface area contributed by atoms with Crippen LogP contribution in [0.1, 0.15) is 17.2 Å². The maximum absolute atomic E-state index is 12.3. The number of benzene rings is 1. The van der Waals surface area contributed by atoms with E-state index in [0.29, 0.717) is 11.6 Å². The smallest absolute Gasteiger partial charge is 0.249 e. The molecule has 6 heteroatoms. The van der Waals surface area contributed by atoms with Gasteiger partial charge < -0.3 is 9.73 Å². The Morgan fingerprint density at radius 3 is 2.56 bits per heavy atom. The van der Waals surface area contributed by atoms with Gasteiger partial charge >= 0.3 is 0 Å². The number of halogens is 1. The maximum atomic E-state index is 12.3. The highest BCUT2D eigenvalue weighted by molar-refractivity contribution is 9.10. The topological polar surface area (TPSA) is 60.1 Å². The lowest BCUT2D eigenvalue weighted by atomic mass is 10.1. The number of nitrogens with zero attached hydrogens (tertiary/aromatic N) is 2. The molecule has 2 heterocycles. The van der Waals surface area contributed by atoms with Crippen molar-refractivity contribution in [2.24, 2.45) is 7.05 Å². The molecule has 0 saturated heterocycles. The molecule has 3 rings (SSSR count). The Morgan fingerprint density at radius 2 is 1.92 bits per heavy atom. The molecule has 0 fully saturated rings. The monoisotopic (exact) mass is 399 g/mol. The fourth-order valence-electron chi connectivity index (χ4n) is 2.62. The molecule has 1 aromatic carbocycles. The molecule has 0 spiro atoms. The largest absolute Gasteiger partial charge is 0.462 e. The number of aromatic nitrogens is 2. The summed E-state index contributed by atoms with van der Waals surface area (Å²) in [5.74, 6) is 1.86. The summed E-state index contributed by atoms with van der Waals surface area (Å²) in [6.07, 6.45) is 3.09. The third-order valence-electron chi connectivity index (χ3n) is 3.76. The lowest BCUT2D eigenvalue weighted by molar-refractivity contribution is -0.111. The first-order valence-corrected chi connectivity index (χ1v) is 8.58. The molecule has 2 aromatic heterocycles. The fraction of sp³-hybridized carbons (Fsp3) is 0.158. The zero-order valence-electron chi connectivity index (χ0n) is 14.2. The molecule has 1 amide bonds. The van der Waals surface area contributed by atoms with Crippen LogP contribution in [0.4, 0.5) is 5.82 Å². The maximum Gasteiger partial charge on any atom is 0.249 e. The number of nitrogens with one attached hydrogen (secondary N) is 1. The van der Waals surface area contributed by atoms with Crippen molar-refractivity contribution in [3.63, 3.8) is 0 Å². The second kappa shape index (κ2) is 7.11. The SMILES string of the molecule is Cc1ccc(/C=C/C(=O)Nc2c(-c3ccc(Br)cc3)c(C)nn2C)o1. The van der Waals surface area contributed by atoms with Crippen molar-refractivity contribution in [3.05, 3.63) is 64.2 Å². The van der Waals surface area contributed by atoms with E-state index in [1.807, 2.05) is 57.3 Å². The van der Waals surface area contributed by atoms with Gasteiger partial charge in [0, 0.05) is 23.2 Å². The first-order valence-electron chi connectivity index (χ1n) is 7.79. The van der Waals surface area contributed by atoms with E-state index in [0.717, 1.165) is 27.1 Å². The van der Waals surface area contributed by atoms with Crippen molar-refractivity contribution in [1.82, 2.24) is 9.78 Å². The summed E-state index contributed by atoms with van der Waals surface area (Å²) in [6.45, 7) is 3.79. The molecule has 0 radical (unpaired) electrons. The van der Waals surface area contributed by atoms with Crippen LogP contribution in [-0.4, -0.2) is 15.7 Å². The van der Waals surface area contributed by atoms with Crippen LogP contribution in [0.5, 0.6) is 0 Å². The van der Waals surface area contributed by atoms with Crippen molar-refractivity contribution in [1.29, 1.82) is 0 Å². The Balaban J connectivity index is 1.86. The summed E-state index contributed by atoms with van der Waals surface area (Å²) in [5.41, 5.74) is 2.76. The van der Waals surface area contributed by atoms with Crippen molar-refractivity contribution in [3.8, 4) is 11.1 Å². The van der Waals surface area contributed by atoms with Gasteiger partial charge in [0.25, 0.3) is 0 Å². The average Bonchev–Trinajstić information content (AvgIpc) is 3.10. The summed E-state index contributed by atoms with van der Waals surface area (Å²) in [6, 6.07) is 11.6. The van der Waals surface area contributed by atoms with E-state index in [1.54, 1.807) is 10.8 Å². The Kier molecular flexibility index (Phi) is 4.90. The van der Waals surface area contributed by atoms with E-state index in [1.165, 1.54) is 6.08 Å². The predicted octanol–water partition coefficient (Wildman–Crippen LogP) is 4.71. The number of rotatable bonds is 4. The van der Waals surface area contributed by atoms with E-state index in [2.05, 4.69) is 26.3 Å². The Labute approximate surface area is 154 Å². The molecular formula is C19H18BrN3O2. The Hall–Kier alpha value is -2.60. The molecular weight excluding hydrogens is 382 g/mol. The number of carbonyl (C=O) groups is 1. The van der Waals surface area contributed by atoms with E-state index in [9.17, 15) is 4.79 Å². The molecule has 0 saturated carbocycles. The van der Waals surface area contributed by atoms with Crippen LogP contribution in [0.2, 0.25) is 0 Å². The number of anilines is 1. The quantitative estimate of drug-likeness (QED) is 0.646. The standard InChI is InChI=1S/C19H18BrN3O2/c1-12-4-9-16(25-12)10-11-17(24)21-19-18(13(2)22-23(19)3)14-5-7-15(20)8-6-14/h4-11H,1-3H3,(H,21,24)/b11-10+. The van der Waals surface area contributed by atoms with Crippen LogP contribution < -0.4 is 5.32 Å². The molecule has 0 unspecified atom stereocenters. The Morgan fingerprint density at radius 1 is 1.20 bits per heavy atom. The van der Waals surface area contributed by atoms with Crippen LogP contribution in [0.3, 0.4) is 0 Å². The lowest BCUT2D eigenvalue weighted by Crippen LogP contribution is -2.12. The normalized spacial score (nSPS) is 11.2. The van der Waals surface area contributed by atoms with Gasteiger partial charge in [0.2, 0.25) is 5.91 Å². The van der Waals surface area contributed by atoms with Gasteiger partial charge in [0.1, 0.15) is 17.3 Å². The summed E-state index contributed by atoms with van der Waals surface area (Å²) >= 11 is 3.44. The van der Waals surface area contributed by atoms with Gasteiger partial charge in [-0.3, -0.25) is 9.48 Å². The van der Waals surface area contributed by atoms with Crippen molar-refractivity contribution in [2.45, 2.75) is 13.8 Å². The highest BCUT2D eigenvalue weighted by atomic mass is 79.9. The molecule has 1 N–H and O–H groups in total. The second-order valence-corrected chi connectivity index (χ2v) is 6.63. The van der Waals surface area contributed by atoms with Gasteiger partial charge in [-0.15, -0.1) is 0 Å². The van der Waals surface area contributed by atoms with Crippen LogP contribution in [0.15, 0.2) is 51.4 Å². The number of furan rings is 1. The van der Waals surface area contributed by atoms with E-state index >= 15 is 0 Å². The lowest BCUT2D eigenvalue weighted by Gasteiger charge is -2.07. The first kappa shape index (κ1) is 17.2. The zero-order valence-corrected chi connectivity index (χ0v) is 15.8. The molecule has 3 aromatic rings. The first-order chi connectivity index (χ1) is 11.9. The van der Waals surface area contributed by atoms with Crippen molar-refractivity contribution >= 4 is 33.7 Å². The number of hydrogen-bond acceptors (Lipinski definition) is 3. The molecule has 128 valence electrons. The van der Waals surface area contributed by atoms with Gasteiger partial charge in [-0.1, -0.05) is 28.1 Å². The number of carbonyl (C=O) groups excluding carboxylic acids is 1.